The van der Waals surface area contributed by atoms with Crippen molar-refractivity contribution in [2.24, 2.45) is 0 Å². The molecule has 1 aromatic carbocycles. The Morgan fingerprint density at radius 2 is 2.10 bits per heavy atom. The van der Waals surface area contributed by atoms with Crippen molar-refractivity contribution >= 4 is 17.7 Å². The lowest BCUT2D eigenvalue weighted by Gasteiger charge is -2.23. The van der Waals surface area contributed by atoms with E-state index in [0.29, 0.717) is 24.3 Å². The van der Waals surface area contributed by atoms with Gasteiger partial charge in [0.25, 0.3) is 11.8 Å². The molecular formula is C14H14N2O4. The Morgan fingerprint density at radius 1 is 1.30 bits per heavy atom. The summed E-state index contributed by atoms with van der Waals surface area (Å²) >= 11 is 0. The summed E-state index contributed by atoms with van der Waals surface area (Å²) in [6.07, 6.45) is -0.0530. The number of hydrogen-bond acceptors (Lipinski definition) is 4. The molecule has 1 atom stereocenters. The van der Waals surface area contributed by atoms with Gasteiger partial charge in [0.1, 0.15) is 5.75 Å². The molecule has 1 unspecified atom stereocenters. The molecule has 0 spiro atoms. The van der Waals surface area contributed by atoms with E-state index in [1.807, 2.05) is 0 Å². The van der Waals surface area contributed by atoms with Gasteiger partial charge in [-0.05, 0) is 12.1 Å². The molecule has 1 fully saturated rings. The Balaban J connectivity index is 1.85. The van der Waals surface area contributed by atoms with Crippen molar-refractivity contribution in [3.05, 3.63) is 29.3 Å². The Kier molecular flexibility index (Phi) is 2.93. The second-order valence-corrected chi connectivity index (χ2v) is 5.00. The highest BCUT2D eigenvalue weighted by molar-refractivity contribution is 6.00. The number of rotatable bonds is 2. The fraction of sp³-hybridized carbons (Fsp3) is 0.357. The molecule has 1 N–H and O–H groups in total. The lowest BCUT2D eigenvalue weighted by atomic mass is 10.1. The normalized spacial score (nSPS) is 21.8. The van der Waals surface area contributed by atoms with Crippen molar-refractivity contribution in [1.82, 2.24) is 10.2 Å². The van der Waals surface area contributed by atoms with Gasteiger partial charge in [0.15, 0.2) is 6.10 Å². The van der Waals surface area contributed by atoms with E-state index in [2.05, 4.69) is 5.32 Å². The summed E-state index contributed by atoms with van der Waals surface area (Å²) in [5.74, 6) is -0.206. The number of carbonyl (C=O) groups is 3. The molecule has 6 heteroatoms. The van der Waals surface area contributed by atoms with Gasteiger partial charge in [0, 0.05) is 31.0 Å². The van der Waals surface area contributed by atoms with Crippen molar-refractivity contribution in [1.29, 1.82) is 0 Å². The number of amides is 3. The maximum Gasteiger partial charge on any atom is 0.267 e. The largest absolute Gasteiger partial charge is 0.480 e. The summed E-state index contributed by atoms with van der Waals surface area (Å²) in [7, 11) is 1.72. The SMILES string of the molecule is CN1Cc2c(OC3CCC(=O)NC3=O)cccc2C1=O. The molecule has 3 amide bonds. The monoisotopic (exact) mass is 274 g/mol. The van der Waals surface area contributed by atoms with Gasteiger partial charge in [0.2, 0.25) is 5.91 Å². The highest BCUT2D eigenvalue weighted by Gasteiger charge is 2.31. The van der Waals surface area contributed by atoms with E-state index >= 15 is 0 Å². The first kappa shape index (κ1) is 12.7. The number of nitrogens with zero attached hydrogens (tertiary/aromatic N) is 1. The highest BCUT2D eigenvalue weighted by Crippen LogP contribution is 2.31. The average Bonchev–Trinajstić information content (AvgIpc) is 2.70. The third kappa shape index (κ3) is 2.03. The van der Waals surface area contributed by atoms with Crippen LogP contribution in [0.1, 0.15) is 28.8 Å². The van der Waals surface area contributed by atoms with Gasteiger partial charge >= 0.3 is 0 Å². The maximum atomic E-state index is 11.9. The van der Waals surface area contributed by atoms with Crippen LogP contribution in [0.15, 0.2) is 18.2 Å². The molecule has 1 saturated heterocycles. The lowest BCUT2D eigenvalue weighted by Crippen LogP contribution is -2.46. The molecule has 2 aliphatic rings. The Hall–Kier alpha value is -2.37. The number of imide groups is 1. The van der Waals surface area contributed by atoms with Crippen LogP contribution in [-0.4, -0.2) is 35.8 Å². The zero-order chi connectivity index (χ0) is 14.3. The number of benzene rings is 1. The Morgan fingerprint density at radius 3 is 2.85 bits per heavy atom. The molecule has 0 saturated carbocycles. The molecule has 3 rings (SSSR count). The fourth-order valence-corrected chi connectivity index (χ4v) is 2.49. The van der Waals surface area contributed by atoms with E-state index in [4.69, 9.17) is 4.74 Å². The van der Waals surface area contributed by atoms with Crippen LogP contribution in [0, 0.1) is 0 Å². The van der Waals surface area contributed by atoms with Crippen molar-refractivity contribution in [2.75, 3.05) is 7.05 Å². The van der Waals surface area contributed by atoms with Crippen LogP contribution in [-0.2, 0) is 16.1 Å². The van der Waals surface area contributed by atoms with Gasteiger partial charge in [-0.1, -0.05) is 6.07 Å². The smallest absolute Gasteiger partial charge is 0.267 e. The van der Waals surface area contributed by atoms with Crippen LogP contribution >= 0.6 is 0 Å². The number of piperidine rings is 1. The Bertz CT molecular complexity index is 611. The molecule has 104 valence electrons. The van der Waals surface area contributed by atoms with Crippen molar-refractivity contribution in [2.45, 2.75) is 25.5 Å². The van der Waals surface area contributed by atoms with Crippen LogP contribution in [0.25, 0.3) is 0 Å². The van der Waals surface area contributed by atoms with Gasteiger partial charge in [-0.2, -0.15) is 0 Å². The van der Waals surface area contributed by atoms with Crippen LogP contribution in [0.5, 0.6) is 5.75 Å². The van der Waals surface area contributed by atoms with Crippen molar-refractivity contribution in [3.8, 4) is 5.75 Å². The van der Waals surface area contributed by atoms with E-state index in [1.165, 1.54) is 0 Å². The van der Waals surface area contributed by atoms with E-state index in [-0.39, 0.29) is 18.2 Å². The van der Waals surface area contributed by atoms with Crippen LogP contribution in [0.3, 0.4) is 0 Å². The predicted molar refractivity (Wildman–Crippen MR) is 69.0 cm³/mol. The summed E-state index contributed by atoms with van der Waals surface area (Å²) in [4.78, 5) is 36.3. The van der Waals surface area contributed by atoms with E-state index in [9.17, 15) is 14.4 Å². The topological polar surface area (TPSA) is 75.7 Å². The van der Waals surface area contributed by atoms with E-state index < -0.39 is 12.0 Å². The molecule has 0 aromatic heterocycles. The molecule has 1 aromatic rings. The van der Waals surface area contributed by atoms with Crippen LogP contribution in [0.4, 0.5) is 0 Å². The highest BCUT2D eigenvalue weighted by atomic mass is 16.5. The van der Waals surface area contributed by atoms with Gasteiger partial charge in [0.05, 0.1) is 6.54 Å². The quantitative estimate of drug-likeness (QED) is 0.795. The first-order chi connectivity index (χ1) is 9.56. The summed E-state index contributed by atoms with van der Waals surface area (Å²) in [6, 6.07) is 5.23. The molecule has 2 heterocycles. The number of nitrogens with one attached hydrogen (secondary N) is 1. The predicted octanol–water partition coefficient (Wildman–Crippen LogP) is 0.456. The van der Waals surface area contributed by atoms with Crippen molar-refractivity contribution < 1.29 is 19.1 Å². The molecule has 20 heavy (non-hydrogen) atoms. The zero-order valence-electron chi connectivity index (χ0n) is 11.0. The molecule has 0 radical (unpaired) electrons. The van der Waals surface area contributed by atoms with Gasteiger partial charge in [-0.25, -0.2) is 0 Å². The van der Waals surface area contributed by atoms with Crippen molar-refractivity contribution in [3.63, 3.8) is 0 Å². The van der Waals surface area contributed by atoms with Gasteiger partial charge < -0.3 is 9.64 Å². The van der Waals surface area contributed by atoms with Crippen LogP contribution in [0.2, 0.25) is 0 Å². The van der Waals surface area contributed by atoms with E-state index in [1.54, 1.807) is 30.1 Å². The molecule has 0 aliphatic carbocycles. The molecule has 6 nitrogen and oxygen atoms in total. The minimum absolute atomic E-state index is 0.0475. The zero-order valence-corrected chi connectivity index (χ0v) is 11.0. The summed E-state index contributed by atoms with van der Waals surface area (Å²) in [6.45, 7) is 0.470. The minimum atomic E-state index is -0.680. The van der Waals surface area contributed by atoms with Gasteiger partial charge in [-0.3, -0.25) is 19.7 Å². The van der Waals surface area contributed by atoms with E-state index in [0.717, 1.165) is 5.56 Å². The third-order valence-electron chi connectivity index (χ3n) is 3.56. The molecular weight excluding hydrogens is 260 g/mol. The first-order valence-corrected chi connectivity index (χ1v) is 6.44. The van der Waals surface area contributed by atoms with Crippen LogP contribution < -0.4 is 10.1 Å². The molecule has 0 bridgehead atoms. The second-order valence-electron chi connectivity index (χ2n) is 5.00. The lowest BCUT2D eigenvalue weighted by molar-refractivity contribution is -0.138. The maximum absolute atomic E-state index is 11.9. The number of ether oxygens (including phenoxy) is 1. The number of carbonyl (C=O) groups excluding carboxylic acids is 3. The summed E-state index contributed by atoms with van der Waals surface area (Å²) in [5, 5.41) is 2.25. The summed E-state index contributed by atoms with van der Waals surface area (Å²) < 4.78 is 5.71. The summed E-state index contributed by atoms with van der Waals surface area (Å²) in [5.41, 5.74) is 1.40. The minimum Gasteiger partial charge on any atom is -0.480 e. The Labute approximate surface area is 115 Å². The third-order valence-corrected chi connectivity index (χ3v) is 3.56. The standard InChI is InChI=1S/C14H14N2O4/c1-16-7-9-8(14(16)19)3-2-4-10(9)20-11-5-6-12(17)15-13(11)18/h2-4,11H,5-7H2,1H3,(H,15,17,18). The second kappa shape index (κ2) is 4.63. The average molecular weight is 274 g/mol. The van der Waals surface area contributed by atoms with Gasteiger partial charge in [-0.15, -0.1) is 0 Å². The number of hydrogen-bond donors (Lipinski definition) is 1. The fourth-order valence-electron chi connectivity index (χ4n) is 2.49. The molecule has 2 aliphatic heterocycles. The first-order valence-electron chi connectivity index (χ1n) is 6.44. The number of fused-ring (bicyclic) bond motifs is 1.